The van der Waals surface area contributed by atoms with Crippen LogP contribution in [0.15, 0.2) is 64.3 Å². The zero-order chi connectivity index (χ0) is 34.4. The van der Waals surface area contributed by atoms with Crippen molar-refractivity contribution in [1.82, 2.24) is 14.5 Å². The van der Waals surface area contributed by atoms with Crippen LogP contribution in [0, 0.1) is 5.82 Å². The summed E-state index contributed by atoms with van der Waals surface area (Å²) in [6.07, 6.45) is -3.48. The Morgan fingerprint density at radius 1 is 0.958 bits per heavy atom. The normalized spacial score (nSPS) is 21.7. The van der Waals surface area contributed by atoms with Crippen LogP contribution in [0.2, 0.25) is 0 Å². The molecule has 2 fully saturated rings. The lowest BCUT2D eigenvalue weighted by Crippen LogP contribution is -2.50. The smallest absolute Gasteiger partial charge is 0.497 e. The van der Waals surface area contributed by atoms with Crippen molar-refractivity contribution in [3.8, 4) is 23.0 Å². The maximum Gasteiger partial charge on any atom is 0.513 e. The van der Waals surface area contributed by atoms with Crippen molar-refractivity contribution in [1.29, 1.82) is 0 Å². The van der Waals surface area contributed by atoms with Crippen molar-refractivity contribution in [3.63, 3.8) is 0 Å². The zero-order valence-electron chi connectivity index (χ0n) is 25.8. The van der Waals surface area contributed by atoms with Gasteiger partial charge in [0.2, 0.25) is 5.82 Å². The number of ether oxygens (including phenoxy) is 7. The molecule has 2 aromatic carbocycles. The van der Waals surface area contributed by atoms with Crippen molar-refractivity contribution in [2.45, 2.75) is 50.0 Å². The van der Waals surface area contributed by atoms with Crippen LogP contribution < -0.4 is 35.5 Å². The topological polar surface area (TPSA) is 192 Å². The first-order valence-electron chi connectivity index (χ1n) is 14.7. The lowest BCUT2D eigenvalue weighted by atomic mass is 9.95. The molecule has 2 N–H and O–H groups in total. The third-order valence-electron chi connectivity index (χ3n) is 7.72. The average Bonchev–Trinajstić information content (AvgIpc) is 3.75. The summed E-state index contributed by atoms with van der Waals surface area (Å²) in [5.74, 6) is -2.35. The van der Waals surface area contributed by atoms with Gasteiger partial charge in [-0.15, -0.1) is 0 Å². The average molecular weight is 674 g/mol. The number of aliphatic hydroxyl groups is 1. The van der Waals surface area contributed by atoms with Crippen molar-refractivity contribution in [3.05, 3.63) is 81.4 Å². The minimum Gasteiger partial charge on any atom is -0.497 e. The number of esters is 2. The van der Waals surface area contributed by atoms with E-state index in [1.165, 1.54) is 62.8 Å². The molecule has 17 heteroatoms. The van der Waals surface area contributed by atoms with Gasteiger partial charge in [0.1, 0.15) is 48.0 Å². The summed E-state index contributed by atoms with van der Waals surface area (Å²) in [5, 5.41) is 14.5. The number of halogens is 1. The van der Waals surface area contributed by atoms with E-state index in [1.54, 1.807) is 0 Å². The van der Waals surface area contributed by atoms with Gasteiger partial charge in [0.25, 0.3) is 5.56 Å². The maximum atomic E-state index is 14.8. The van der Waals surface area contributed by atoms with E-state index >= 15 is 0 Å². The van der Waals surface area contributed by atoms with Gasteiger partial charge in [-0.2, -0.15) is 4.39 Å². The van der Waals surface area contributed by atoms with Gasteiger partial charge in [-0.1, -0.05) is 0 Å². The Bertz CT molecular complexity index is 1750. The first-order valence-corrected chi connectivity index (χ1v) is 14.7. The third kappa shape index (κ3) is 7.48. The molecule has 3 aromatic rings. The predicted octanol–water partition coefficient (Wildman–Crippen LogP) is 1.26. The highest BCUT2D eigenvalue weighted by atomic mass is 19.1. The fourth-order valence-electron chi connectivity index (χ4n) is 5.08. The number of hydrogen-bond acceptors (Lipinski definition) is 14. The maximum absolute atomic E-state index is 14.8. The van der Waals surface area contributed by atoms with E-state index in [9.17, 15) is 33.5 Å². The first-order chi connectivity index (χ1) is 23.0. The fourth-order valence-corrected chi connectivity index (χ4v) is 5.08. The number of rotatable bonds is 11. The number of benzene rings is 2. The third-order valence-corrected chi connectivity index (χ3v) is 7.72. The summed E-state index contributed by atoms with van der Waals surface area (Å²) in [5.41, 5.74) is -5.13. The number of hydrogen-bond donors (Lipinski definition) is 2. The van der Waals surface area contributed by atoms with Gasteiger partial charge in [0.15, 0.2) is 12.3 Å². The molecule has 5 rings (SSSR count). The molecule has 48 heavy (non-hydrogen) atoms. The molecule has 256 valence electrons. The van der Waals surface area contributed by atoms with Crippen molar-refractivity contribution >= 4 is 18.1 Å². The lowest BCUT2D eigenvalue weighted by molar-refractivity contribution is -0.164. The number of carbonyl (C=O) groups excluding carboxylic acids is 3. The molecule has 0 amide bonds. The van der Waals surface area contributed by atoms with E-state index in [2.05, 4.69) is 5.32 Å². The van der Waals surface area contributed by atoms with Crippen LogP contribution in [0.1, 0.15) is 25.5 Å². The monoisotopic (exact) mass is 673 g/mol. The predicted molar refractivity (Wildman–Crippen MR) is 159 cm³/mol. The van der Waals surface area contributed by atoms with E-state index in [-0.39, 0.29) is 11.5 Å². The standard InChI is InChI=1S/C31H32FN3O13/c1-42-18-5-9-20(10-6-18)46-28(38)31(41)14-25(48-24(31)16-44-30(40)47-21-11-7-19(43-2)8-12-21)34-15-22(32)26(36)35(29(34)39)17-45-27(37)23-4-3-13-33-23/h5-12,15,23-25,33,41H,3-4,13-14,16-17H2,1-2H3/t23-,24+,25+,31-/m0/s1. The highest BCUT2D eigenvalue weighted by molar-refractivity contribution is 5.83. The minimum absolute atomic E-state index is 0.00610. The lowest BCUT2D eigenvalue weighted by Gasteiger charge is -2.25. The number of nitrogens with one attached hydrogen (secondary N) is 1. The first kappa shape index (κ1) is 34.1. The van der Waals surface area contributed by atoms with Gasteiger partial charge in [0.05, 0.1) is 20.4 Å². The Morgan fingerprint density at radius 2 is 1.56 bits per heavy atom. The molecular weight excluding hydrogens is 641 g/mol. The Kier molecular flexibility index (Phi) is 10.4. The Labute approximate surface area is 271 Å². The molecule has 0 spiro atoms. The summed E-state index contributed by atoms with van der Waals surface area (Å²) in [7, 11) is 2.90. The summed E-state index contributed by atoms with van der Waals surface area (Å²) in [6.45, 7) is -1.12. The molecule has 2 aliphatic heterocycles. The van der Waals surface area contributed by atoms with Crippen molar-refractivity contribution < 1.29 is 57.0 Å². The second kappa shape index (κ2) is 14.7. The van der Waals surface area contributed by atoms with Crippen molar-refractivity contribution in [2.24, 2.45) is 0 Å². The van der Waals surface area contributed by atoms with Crippen LogP contribution in [0.4, 0.5) is 9.18 Å². The molecule has 0 unspecified atom stereocenters. The van der Waals surface area contributed by atoms with Gasteiger partial charge in [-0.3, -0.25) is 14.2 Å². The molecular formula is C31H32FN3O13. The largest absolute Gasteiger partial charge is 0.513 e. The number of aromatic nitrogens is 2. The molecule has 0 saturated carbocycles. The van der Waals surface area contributed by atoms with Crippen LogP contribution in [0.5, 0.6) is 23.0 Å². The summed E-state index contributed by atoms with van der Waals surface area (Å²) < 4.78 is 52.4. The molecule has 4 atom stereocenters. The van der Waals surface area contributed by atoms with E-state index in [4.69, 9.17) is 33.2 Å². The van der Waals surface area contributed by atoms with Gasteiger partial charge in [-0.25, -0.2) is 19.0 Å². The molecule has 2 aliphatic rings. The SMILES string of the molecule is COc1ccc(OC(=O)OC[C@H]2O[C@@H](n3cc(F)c(=O)n(COC(=O)[C@@H]4CCCN4)c3=O)C[C@@]2(O)C(=O)Oc2ccc(OC)cc2)cc1. The van der Waals surface area contributed by atoms with Gasteiger partial charge in [0, 0.05) is 6.42 Å². The Hall–Kier alpha value is -5.26. The fraction of sp³-hybridized carbons (Fsp3) is 0.387. The molecule has 2 saturated heterocycles. The highest BCUT2D eigenvalue weighted by Gasteiger charge is 2.56. The molecule has 0 radical (unpaired) electrons. The second-order valence-corrected chi connectivity index (χ2v) is 10.8. The Morgan fingerprint density at radius 3 is 2.15 bits per heavy atom. The van der Waals surface area contributed by atoms with Crippen molar-refractivity contribution in [2.75, 3.05) is 27.4 Å². The number of nitrogens with zero attached hydrogens (tertiary/aromatic N) is 2. The van der Waals surface area contributed by atoms with Crippen LogP contribution in [0.25, 0.3) is 0 Å². The van der Waals surface area contributed by atoms with Crippen LogP contribution in [-0.2, 0) is 30.5 Å². The number of carbonyl (C=O) groups is 3. The molecule has 3 heterocycles. The minimum atomic E-state index is -2.58. The van der Waals surface area contributed by atoms with Gasteiger partial charge in [-0.05, 0) is 67.9 Å². The quantitative estimate of drug-likeness (QED) is 0.168. The van der Waals surface area contributed by atoms with Crippen LogP contribution in [-0.4, -0.2) is 77.5 Å². The molecule has 16 nitrogen and oxygen atoms in total. The van der Waals surface area contributed by atoms with Crippen LogP contribution >= 0.6 is 0 Å². The molecule has 1 aromatic heterocycles. The summed E-state index contributed by atoms with van der Waals surface area (Å²) in [6, 6.07) is 11.1. The highest BCUT2D eigenvalue weighted by Crippen LogP contribution is 2.38. The molecule has 0 aliphatic carbocycles. The number of methoxy groups -OCH3 is 2. The van der Waals surface area contributed by atoms with E-state index < -0.39 is 78.9 Å². The second-order valence-electron chi connectivity index (χ2n) is 10.8. The van der Waals surface area contributed by atoms with Crippen LogP contribution in [0.3, 0.4) is 0 Å². The summed E-state index contributed by atoms with van der Waals surface area (Å²) in [4.78, 5) is 64.1. The van der Waals surface area contributed by atoms with E-state index in [1.807, 2.05) is 0 Å². The Balaban J connectivity index is 1.37. The van der Waals surface area contributed by atoms with E-state index in [0.29, 0.717) is 39.8 Å². The summed E-state index contributed by atoms with van der Waals surface area (Å²) >= 11 is 0. The zero-order valence-corrected chi connectivity index (χ0v) is 25.8. The van der Waals surface area contributed by atoms with E-state index in [0.717, 1.165) is 6.42 Å². The molecule has 0 bridgehead atoms. The van der Waals surface area contributed by atoms with Gasteiger partial charge >= 0.3 is 23.8 Å². The van der Waals surface area contributed by atoms with Gasteiger partial charge < -0.3 is 43.6 Å².